The van der Waals surface area contributed by atoms with Gasteiger partial charge in [-0.1, -0.05) is 48.0 Å². The van der Waals surface area contributed by atoms with E-state index in [1.165, 1.54) is 31.2 Å². The number of ether oxygens (including phenoxy) is 3. The van der Waals surface area contributed by atoms with E-state index in [1.54, 1.807) is 36.4 Å². The van der Waals surface area contributed by atoms with E-state index >= 15 is 0 Å². The van der Waals surface area contributed by atoms with E-state index < -0.39 is 52.0 Å². The summed E-state index contributed by atoms with van der Waals surface area (Å²) in [7, 11) is -3.97. The summed E-state index contributed by atoms with van der Waals surface area (Å²) >= 11 is 6.27. The summed E-state index contributed by atoms with van der Waals surface area (Å²) in [6.07, 6.45) is -3.98. The van der Waals surface area contributed by atoms with Gasteiger partial charge < -0.3 is 14.2 Å². The van der Waals surface area contributed by atoms with Crippen molar-refractivity contribution in [3.8, 4) is 0 Å². The highest BCUT2D eigenvalue weighted by Crippen LogP contribution is 2.32. The Hall–Kier alpha value is -2.46. The average Bonchev–Trinajstić information content (AvgIpc) is 2.73. The Kier molecular flexibility index (Phi) is 7.32. The minimum atomic E-state index is -3.97. The highest BCUT2D eigenvalue weighted by molar-refractivity contribution is 7.86. The zero-order valence-corrected chi connectivity index (χ0v) is 18.3. The molecule has 0 aliphatic carbocycles. The summed E-state index contributed by atoms with van der Waals surface area (Å²) in [5.74, 6) is -1.50. The molecule has 8 nitrogen and oxygen atoms in total. The molecule has 1 heterocycles. The Morgan fingerprint density at radius 2 is 1.29 bits per heavy atom. The molecule has 1 fully saturated rings. The van der Waals surface area contributed by atoms with E-state index in [0.717, 1.165) is 6.26 Å². The van der Waals surface area contributed by atoms with E-state index in [2.05, 4.69) is 0 Å². The highest BCUT2D eigenvalue weighted by atomic mass is 35.5. The fourth-order valence-corrected chi connectivity index (χ4v) is 4.11. The highest BCUT2D eigenvalue weighted by Gasteiger charge is 2.50. The molecular formula is C21H21ClO8S. The van der Waals surface area contributed by atoms with Gasteiger partial charge in [0.05, 0.1) is 23.5 Å². The van der Waals surface area contributed by atoms with Gasteiger partial charge in [0.25, 0.3) is 10.1 Å². The fraction of sp³-hybridized carbons (Fsp3) is 0.333. The smallest absolute Gasteiger partial charge is 0.338 e. The van der Waals surface area contributed by atoms with Crippen LogP contribution in [-0.4, -0.2) is 56.6 Å². The third-order valence-electron chi connectivity index (χ3n) is 4.50. The second-order valence-electron chi connectivity index (χ2n) is 6.93. The molecule has 5 atom stereocenters. The molecule has 0 aromatic heterocycles. The van der Waals surface area contributed by atoms with Crippen LogP contribution in [0.4, 0.5) is 0 Å². The summed E-state index contributed by atoms with van der Waals surface area (Å²) in [5.41, 5.74) is -0.756. The largest absolute Gasteiger partial charge is 0.452 e. The number of hydrogen-bond donors (Lipinski definition) is 0. The Balaban J connectivity index is 1.92. The van der Waals surface area contributed by atoms with E-state index in [9.17, 15) is 18.0 Å². The molecule has 10 heteroatoms. The van der Waals surface area contributed by atoms with Gasteiger partial charge in [-0.2, -0.15) is 8.42 Å². The molecule has 0 unspecified atom stereocenters. The van der Waals surface area contributed by atoms with Crippen molar-refractivity contribution < 1.29 is 36.4 Å². The summed E-state index contributed by atoms with van der Waals surface area (Å²) < 4.78 is 45.3. The zero-order valence-electron chi connectivity index (χ0n) is 16.7. The lowest BCUT2D eigenvalue weighted by atomic mass is 10.00. The van der Waals surface area contributed by atoms with Gasteiger partial charge in [0.15, 0.2) is 17.8 Å². The van der Waals surface area contributed by atoms with Crippen molar-refractivity contribution in [1.82, 2.24) is 0 Å². The van der Waals surface area contributed by atoms with Crippen molar-refractivity contribution in [2.24, 2.45) is 0 Å². The molecule has 0 spiro atoms. The van der Waals surface area contributed by atoms with Gasteiger partial charge in [0.2, 0.25) is 0 Å². The number of rotatable bonds is 6. The Morgan fingerprint density at radius 3 is 1.74 bits per heavy atom. The van der Waals surface area contributed by atoms with Gasteiger partial charge in [-0.15, -0.1) is 0 Å². The van der Waals surface area contributed by atoms with E-state index in [4.69, 9.17) is 30.0 Å². The summed E-state index contributed by atoms with van der Waals surface area (Å²) in [4.78, 5) is 25.3. The predicted octanol–water partition coefficient (Wildman–Crippen LogP) is 2.77. The first-order chi connectivity index (χ1) is 14.7. The number of carbonyl (C=O) groups is 2. The van der Waals surface area contributed by atoms with Gasteiger partial charge in [-0.25, -0.2) is 9.59 Å². The van der Waals surface area contributed by atoms with Crippen molar-refractivity contribution in [1.29, 1.82) is 0 Å². The molecule has 0 N–H and O–H groups in total. The standard InChI is InChI=1S/C21H21ClO8S/c1-13-16(30-31(2,25)26)17(28-20(23)14-9-5-3-6-10-14)18(19(22)27-13)29-21(24)15-11-7-4-8-12-15/h3-13,16-19H,1-2H3/t13-,16+,17+,18-,19+/m1/s1. The van der Waals surface area contributed by atoms with Crippen molar-refractivity contribution in [2.75, 3.05) is 6.26 Å². The van der Waals surface area contributed by atoms with Gasteiger partial charge in [0.1, 0.15) is 6.10 Å². The number of benzene rings is 2. The molecule has 0 saturated carbocycles. The first kappa shape index (κ1) is 23.2. The van der Waals surface area contributed by atoms with Crippen LogP contribution in [0.1, 0.15) is 27.6 Å². The second-order valence-corrected chi connectivity index (χ2v) is 8.96. The number of halogens is 1. The van der Waals surface area contributed by atoms with Crippen LogP contribution in [0.15, 0.2) is 60.7 Å². The fourth-order valence-electron chi connectivity index (χ4n) is 3.08. The van der Waals surface area contributed by atoms with Gasteiger partial charge in [-0.05, 0) is 31.2 Å². The molecule has 1 aliphatic heterocycles. The maximum atomic E-state index is 12.7. The lowest BCUT2D eigenvalue weighted by Gasteiger charge is -2.41. The van der Waals surface area contributed by atoms with Crippen molar-refractivity contribution in [3.05, 3.63) is 71.8 Å². The van der Waals surface area contributed by atoms with Crippen LogP contribution >= 0.6 is 11.6 Å². The maximum absolute atomic E-state index is 12.7. The van der Waals surface area contributed by atoms with Gasteiger partial charge in [-0.3, -0.25) is 4.18 Å². The van der Waals surface area contributed by atoms with Crippen LogP contribution in [0.3, 0.4) is 0 Å². The topological polar surface area (TPSA) is 105 Å². The van der Waals surface area contributed by atoms with Crippen LogP contribution in [-0.2, 0) is 28.5 Å². The van der Waals surface area contributed by atoms with E-state index in [1.807, 2.05) is 0 Å². The van der Waals surface area contributed by atoms with E-state index in [-0.39, 0.29) is 11.1 Å². The van der Waals surface area contributed by atoms with Crippen LogP contribution < -0.4 is 0 Å². The molecule has 1 saturated heterocycles. The Morgan fingerprint density at radius 1 is 0.839 bits per heavy atom. The lowest BCUT2D eigenvalue weighted by Crippen LogP contribution is -2.59. The average molecular weight is 469 g/mol. The molecule has 0 bridgehead atoms. The molecule has 2 aromatic carbocycles. The number of esters is 2. The number of hydrogen-bond acceptors (Lipinski definition) is 8. The second kappa shape index (κ2) is 9.78. The van der Waals surface area contributed by atoms with Crippen molar-refractivity contribution in [2.45, 2.75) is 36.9 Å². The minimum Gasteiger partial charge on any atom is -0.452 e. The van der Waals surface area contributed by atoms with Gasteiger partial charge >= 0.3 is 11.9 Å². The third-order valence-corrected chi connectivity index (χ3v) is 5.43. The normalized spacial score (nSPS) is 26.1. The van der Waals surface area contributed by atoms with E-state index in [0.29, 0.717) is 0 Å². The van der Waals surface area contributed by atoms with Crippen molar-refractivity contribution in [3.63, 3.8) is 0 Å². The maximum Gasteiger partial charge on any atom is 0.338 e. The Bertz CT molecular complexity index is 1010. The molecule has 31 heavy (non-hydrogen) atoms. The first-order valence-corrected chi connectivity index (χ1v) is 11.6. The quantitative estimate of drug-likeness (QED) is 0.362. The monoisotopic (exact) mass is 468 g/mol. The molecule has 0 amide bonds. The number of carbonyl (C=O) groups excluding carboxylic acids is 2. The molecule has 0 radical (unpaired) electrons. The summed E-state index contributed by atoms with van der Waals surface area (Å²) in [6.45, 7) is 1.52. The van der Waals surface area contributed by atoms with Crippen LogP contribution in [0.25, 0.3) is 0 Å². The molecule has 2 aromatic rings. The molecular weight excluding hydrogens is 448 g/mol. The van der Waals surface area contributed by atoms with Crippen molar-refractivity contribution >= 4 is 33.7 Å². The zero-order chi connectivity index (χ0) is 22.6. The summed E-state index contributed by atoms with van der Waals surface area (Å²) in [5, 5.41) is 0. The van der Waals surface area contributed by atoms with Crippen LogP contribution in [0.5, 0.6) is 0 Å². The molecule has 1 aliphatic rings. The number of alkyl halides is 1. The summed E-state index contributed by atoms with van der Waals surface area (Å²) in [6, 6.07) is 16.2. The first-order valence-electron chi connectivity index (χ1n) is 9.35. The minimum absolute atomic E-state index is 0.221. The van der Waals surface area contributed by atoms with Crippen LogP contribution in [0.2, 0.25) is 0 Å². The van der Waals surface area contributed by atoms with Crippen LogP contribution in [0, 0.1) is 0 Å². The van der Waals surface area contributed by atoms with Gasteiger partial charge in [0, 0.05) is 0 Å². The lowest BCUT2D eigenvalue weighted by molar-refractivity contribution is -0.187. The Labute approximate surface area is 185 Å². The predicted molar refractivity (Wildman–Crippen MR) is 111 cm³/mol. The molecule has 166 valence electrons. The SMILES string of the molecule is C[C@H]1O[C@H](Cl)[C@H](OC(=O)c2ccccc2)[C@@H](OC(=O)c2ccccc2)[C@H]1OS(C)(=O)=O. The third kappa shape index (κ3) is 6.04. The molecule has 3 rings (SSSR count).